The van der Waals surface area contributed by atoms with Crippen LogP contribution in [-0.4, -0.2) is 9.97 Å². The zero-order valence-corrected chi connectivity index (χ0v) is 11.5. The summed E-state index contributed by atoms with van der Waals surface area (Å²) in [4.78, 5) is 18.9. The Kier molecular flexibility index (Phi) is 3.24. The second-order valence-corrected chi connectivity index (χ2v) is 4.96. The summed E-state index contributed by atoms with van der Waals surface area (Å²) in [7, 11) is 0. The van der Waals surface area contributed by atoms with Crippen LogP contribution in [0.4, 0.5) is 13.2 Å². The van der Waals surface area contributed by atoms with E-state index in [1.165, 1.54) is 6.07 Å². The lowest BCUT2D eigenvalue weighted by Crippen LogP contribution is -2.11. The minimum absolute atomic E-state index is 0.132. The number of hydrogen-bond donors (Lipinski definition) is 1. The minimum atomic E-state index is -4.44. The molecule has 2 aromatic carbocycles. The number of nitrogens with one attached hydrogen (secondary N) is 1. The lowest BCUT2D eigenvalue weighted by Gasteiger charge is -2.11. The molecule has 0 radical (unpaired) electrons. The first-order chi connectivity index (χ1) is 10.4. The summed E-state index contributed by atoms with van der Waals surface area (Å²) in [6.07, 6.45) is -4.44. The zero-order valence-electron chi connectivity index (χ0n) is 11.5. The fraction of sp³-hybridized carbons (Fsp3) is 0.125. The van der Waals surface area contributed by atoms with Gasteiger partial charge < -0.3 is 4.98 Å². The Morgan fingerprint density at radius 1 is 1.09 bits per heavy atom. The molecule has 1 N–H and O–H groups in total. The van der Waals surface area contributed by atoms with Gasteiger partial charge in [0.1, 0.15) is 5.82 Å². The SMILES string of the molecule is Cc1ccc(C(F)(F)F)cc1-c1nc2ccccc2c(=O)[nH]1. The van der Waals surface area contributed by atoms with Crippen molar-refractivity contribution in [2.75, 3.05) is 0 Å². The summed E-state index contributed by atoms with van der Waals surface area (Å²) in [5.74, 6) is 0.132. The molecule has 0 bridgehead atoms. The smallest absolute Gasteiger partial charge is 0.306 e. The molecule has 1 heterocycles. The van der Waals surface area contributed by atoms with Gasteiger partial charge in [0.2, 0.25) is 0 Å². The van der Waals surface area contributed by atoms with Gasteiger partial charge in [-0.2, -0.15) is 13.2 Å². The first-order valence-corrected chi connectivity index (χ1v) is 6.53. The molecule has 3 nitrogen and oxygen atoms in total. The molecule has 22 heavy (non-hydrogen) atoms. The van der Waals surface area contributed by atoms with Crippen molar-refractivity contribution in [3.63, 3.8) is 0 Å². The number of hydrogen-bond acceptors (Lipinski definition) is 2. The molecule has 1 aromatic heterocycles. The van der Waals surface area contributed by atoms with Crippen LogP contribution in [0.5, 0.6) is 0 Å². The van der Waals surface area contributed by atoms with Crippen molar-refractivity contribution in [2.45, 2.75) is 13.1 Å². The maximum atomic E-state index is 12.9. The highest BCUT2D eigenvalue weighted by Gasteiger charge is 2.31. The van der Waals surface area contributed by atoms with E-state index < -0.39 is 11.7 Å². The monoisotopic (exact) mass is 304 g/mol. The van der Waals surface area contributed by atoms with Crippen molar-refractivity contribution < 1.29 is 13.2 Å². The molecule has 0 spiro atoms. The molecule has 0 atom stereocenters. The first kappa shape index (κ1) is 14.3. The van der Waals surface area contributed by atoms with Crippen LogP contribution < -0.4 is 5.56 Å². The Morgan fingerprint density at radius 2 is 1.82 bits per heavy atom. The van der Waals surface area contributed by atoms with Gasteiger partial charge in [0.05, 0.1) is 16.5 Å². The van der Waals surface area contributed by atoms with Crippen molar-refractivity contribution in [2.24, 2.45) is 0 Å². The van der Waals surface area contributed by atoms with Crippen LogP contribution in [0.25, 0.3) is 22.3 Å². The van der Waals surface area contributed by atoms with Gasteiger partial charge in [0, 0.05) is 5.56 Å². The molecule has 0 saturated carbocycles. The Labute approximate surface area is 123 Å². The predicted molar refractivity (Wildman–Crippen MR) is 77.5 cm³/mol. The largest absolute Gasteiger partial charge is 0.416 e. The van der Waals surface area contributed by atoms with E-state index in [2.05, 4.69) is 9.97 Å². The average Bonchev–Trinajstić information content (AvgIpc) is 2.46. The third-order valence-electron chi connectivity index (χ3n) is 3.43. The molecule has 0 aliphatic rings. The van der Waals surface area contributed by atoms with Crippen LogP contribution in [0.1, 0.15) is 11.1 Å². The summed E-state index contributed by atoms with van der Waals surface area (Å²) in [6.45, 7) is 1.67. The van der Waals surface area contributed by atoms with E-state index in [1.807, 2.05) is 0 Å². The van der Waals surface area contributed by atoms with Crippen LogP contribution in [0.3, 0.4) is 0 Å². The van der Waals surface area contributed by atoms with E-state index >= 15 is 0 Å². The molecule has 0 amide bonds. The van der Waals surface area contributed by atoms with Crippen LogP contribution in [0.2, 0.25) is 0 Å². The van der Waals surface area contributed by atoms with Crippen LogP contribution in [0, 0.1) is 6.92 Å². The van der Waals surface area contributed by atoms with Gasteiger partial charge in [-0.1, -0.05) is 18.2 Å². The second kappa shape index (κ2) is 4.98. The topological polar surface area (TPSA) is 45.8 Å². The highest BCUT2D eigenvalue weighted by Crippen LogP contribution is 2.32. The minimum Gasteiger partial charge on any atom is -0.306 e. The first-order valence-electron chi connectivity index (χ1n) is 6.53. The number of nitrogens with zero attached hydrogens (tertiary/aromatic N) is 1. The number of alkyl halides is 3. The molecule has 0 aliphatic heterocycles. The Morgan fingerprint density at radius 3 is 2.55 bits per heavy atom. The molecule has 6 heteroatoms. The molecular formula is C16H11F3N2O. The van der Waals surface area contributed by atoms with E-state index in [4.69, 9.17) is 0 Å². The van der Waals surface area contributed by atoms with Gasteiger partial charge in [0.15, 0.2) is 0 Å². The number of aromatic nitrogens is 2. The van der Waals surface area contributed by atoms with Crippen LogP contribution >= 0.6 is 0 Å². The van der Waals surface area contributed by atoms with Crippen molar-refractivity contribution in [3.8, 4) is 11.4 Å². The Balaban J connectivity index is 2.25. The molecule has 0 saturated heterocycles. The van der Waals surface area contributed by atoms with E-state index in [9.17, 15) is 18.0 Å². The van der Waals surface area contributed by atoms with Gasteiger partial charge in [-0.15, -0.1) is 0 Å². The van der Waals surface area contributed by atoms with E-state index in [1.54, 1.807) is 31.2 Å². The second-order valence-electron chi connectivity index (χ2n) is 4.96. The molecule has 0 fully saturated rings. The van der Waals surface area contributed by atoms with Crippen molar-refractivity contribution in [1.82, 2.24) is 9.97 Å². The maximum Gasteiger partial charge on any atom is 0.416 e. The molecular weight excluding hydrogens is 293 g/mol. The van der Waals surface area contributed by atoms with E-state index in [0.29, 0.717) is 16.5 Å². The molecule has 112 valence electrons. The fourth-order valence-corrected chi connectivity index (χ4v) is 2.27. The quantitative estimate of drug-likeness (QED) is 0.740. The predicted octanol–water partition coefficient (Wildman–Crippen LogP) is 3.92. The van der Waals surface area contributed by atoms with Crippen LogP contribution in [-0.2, 0) is 6.18 Å². The summed E-state index contributed by atoms with van der Waals surface area (Å²) in [5.41, 5.74) is 0.156. The maximum absolute atomic E-state index is 12.9. The number of fused-ring (bicyclic) bond motifs is 1. The van der Waals surface area contributed by atoms with Gasteiger partial charge in [0.25, 0.3) is 5.56 Å². The number of H-pyrrole nitrogens is 1. The van der Waals surface area contributed by atoms with Crippen molar-refractivity contribution >= 4 is 10.9 Å². The highest BCUT2D eigenvalue weighted by molar-refractivity contribution is 5.79. The third kappa shape index (κ3) is 2.47. The number of para-hydroxylation sites is 1. The highest BCUT2D eigenvalue weighted by atomic mass is 19.4. The molecule has 3 rings (SSSR count). The fourth-order valence-electron chi connectivity index (χ4n) is 2.27. The molecule has 3 aromatic rings. The molecule has 0 aliphatic carbocycles. The summed E-state index contributed by atoms with van der Waals surface area (Å²) >= 11 is 0. The lowest BCUT2D eigenvalue weighted by atomic mass is 10.0. The third-order valence-corrected chi connectivity index (χ3v) is 3.43. The van der Waals surface area contributed by atoms with Crippen molar-refractivity contribution in [3.05, 3.63) is 63.9 Å². The summed E-state index contributed by atoms with van der Waals surface area (Å²) < 4.78 is 38.6. The number of halogens is 3. The standard InChI is InChI=1S/C16H11F3N2O/c1-9-6-7-10(16(17,18)19)8-12(9)14-20-13-5-3-2-4-11(13)15(22)21-14/h2-8H,1H3,(H,20,21,22). The lowest BCUT2D eigenvalue weighted by molar-refractivity contribution is -0.137. The summed E-state index contributed by atoms with van der Waals surface area (Å²) in [6, 6.07) is 10.1. The average molecular weight is 304 g/mol. The van der Waals surface area contributed by atoms with Gasteiger partial charge >= 0.3 is 6.18 Å². The normalized spacial score (nSPS) is 11.8. The number of benzene rings is 2. The number of rotatable bonds is 1. The number of aromatic amines is 1. The van der Waals surface area contributed by atoms with Crippen molar-refractivity contribution in [1.29, 1.82) is 0 Å². The van der Waals surface area contributed by atoms with E-state index in [0.717, 1.165) is 12.1 Å². The number of aryl methyl sites for hydroxylation is 1. The van der Waals surface area contributed by atoms with Gasteiger partial charge in [-0.25, -0.2) is 4.98 Å². The van der Waals surface area contributed by atoms with E-state index in [-0.39, 0.29) is 16.9 Å². The van der Waals surface area contributed by atoms with Gasteiger partial charge in [-0.05, 0) is 36.8 Å². The zero-order chi connectivity index (χ0) is 15.9. The Hall–Kier alpha value is -2.63. The van der Waals surface area contributed by atoms with Crippen LogP contribution in [0.15, 0.2) is 47.3 Å². The van der Waals surface area contributed by atoms with Gasteiger partial charge in [-0.3, -0.25) is 4.79 Å². The Bertz CT molecular complexity index is 913. The summed E-state index contributed by atoms with van der Waals surface area (Å²) in [5, 5.41) is 0.399. The molecule has 0 unspecified atom stereocenters.